The Hall–Kier alpha value is -2.02. The van der Waals surface area contributed by atoms with Crippen LogP contribution in [0.3, 0.4) is 0 Å². The van der Waals surface area contributed by atoms with Crippen LogP contribution in [0.1, 0.15) is 32.8 Å². The van der Waals surface area contributed by atoms with Gasteiger partial charge in [0.15, 0.2) is 0 Å². The highest BCUT2D eigenvalue weighted by Gasteiger charge is 2.20. The lowest BCUT2D eigenvalue weighted by molar-refractivity contribution is 0.0815. The van der Waals surface area contributed by atoms with Gasteiger partial charge >= 0.3 is 0 Å². The van der Waals surface area contributed by atoms with Crippen molar-refractivity contribution in [3.05, 3.63) is 69.3 Å². The fourth-order valence-corrected chi connectivity index (χ4v) is 2.73. The molecule has 7 heteroatoms. The molecule has 0 aromatic heterocycles. The molecule has 28 heavy (non-hydrogen) atoms. The predicted octanol–water partition coefficient (Wildman–Crippen LogP) is 6.75. The lowest BCUT2D eigenvalue weighted by Crippen LogP contribution is -2.13. The van der Waals surface area contributed by atoms with Gasteiger partial charge in [0, 0.05) is 24.8 Å². The van der Waals surface area contributed by atoms with Crippen molar-refractivity contribution < 1.29 is 22.3 Å². The topological polar surface area (TPSA) is 21.3 Å². The SMILES string of the molecule is C\C=C/C(=C\C)C(/C=C(/Br)CC)=C(\NC)c1c(F)cc(OCC(F)F)cc1F. The Labute approximate surface area is 171 Å². The third-order valence-corrected chi connectivity index (χ3v) is 4.56. The van der Waals surface area contributed by atoms with Crippen molar-refractivity contribution >= 4 is 21.6 Å². The van der Waals surface area contributed by atoms with Crippen LogP contribution in [0.25, 0.3) is 5.70 Å². The molecule has 0 saturated heterocycles. The summed E-state index contributed by atoms with van der Waals surface area (Å²) < 4.78 is 59.7. The Balaban J connectivity index is 3.67. The van der Waals surface area contributed by atoms with Crippen molar-refractivity contribution in [2.45, 2.75) is 33.6 Å². The Morgan fingerprint density at radius 2 is 1.82 bits per heavy atom. The van der Waals surface area contributed by atoms with Crippen LogP contribution in [0.2, 0.25) is 0 Å². The lowest BCUT2D eigenvalue weighted by atomic mass is 9.97. The van der Waals surface area contributed by atoms with E-state index in [1.807, 2.05) is 39.0 Å². The first kappa shape index (κ1) is 24.0. The molecule has 2 nitrogen and oxygen atoms in total. The van der Waals surface area contributed by atoms with Crippen LogP contribution < -0.4 is 10.1 Å². The van der Waals surface area contributed by atoms with E-state index >= 15 is 0 Å². The van der Waals surface area contributed by atoms with E-state index in [4.69, 9.17) is 4.74 Å². The van der Waals surface area contributed by atoms with Crippen molar-refractivity contribution in [2.24, 2.45) is 0 Å². The lowest BCUT2D eigenvalue weighted by Gasteiger charge is -2.17. The number of hydrogen-bond donors (Lipinski definition) is 1. The van der Waals surface area contributed by atoms with E-state index in [-0.39, 0.29) is 17.0 Å². The Morgan fingerprint density at radius 3 is 2.25 bits per heavy atom. The molecule has 0 bridgehead atoms. The summed E-state index contributed by atoms with van der Waals surface area (Å²) in [6, 6.07) is 1.80. The molecule has 0 aliphatic carbocycles. The molecule has 1 aromatic rings. The maximum Gasteiger partial charge on any atom is 0.272 e. The largest absolute Gasteiger partial charge is 0.487 e. The van der Waals surface area contributed by atoms with Crippen LogP contribution in [0.15, 0.2) is 52.1 Å². The summed E-state index contributed by atoms with van der Waals surface area (Å²) in [5, 5.41) is 2.87. The number of halogens is 5. The first-order chi connectivity index (χ1) is 13.3. The van der Waals surface area contributed by atoms with Gasteiger partial charge in [-0.2, -0.15) is 0 Å². The number of alkyl halides is 2. The maximum atomic E-state index is 14.8. The molecule has 0 aliphatic rings. The number of benzene rings is 1. The molecule has 1 aromatic carbocycles. The summed E-state index contributed by atoms with van der Waals surface area (Å²) in [6.07, 6.45) is 5.23. The Bertz CT molecular complexity index is 775. The fraction of sp³-hybridized carbons (Fsp3) is 0.333. The van der Waals surface area contributed by atoms with Crippen molar-refractivity contribution in [2.75, 3.05) is 13.7 Å². The molecule has 154 valence electrons. The number of nitrogens with one attached hydrogen (secondary N) is 1. The van der Waals surface area contributed by atoms with Gasteiger partial charge in [-0.3, -0.25) is 0 Å². The van der Waals surface area contributed by atoms with Crippen LogP contribution in [0.5, 0.6) is 5.75 Å². The summed E-state index contributed by atoms with van der Waals surface area (Å²) in [5.74, 6) is -2.12. The minimum Gasteiger partial charge on any atom is -0.487 e. The van der Waals surface area contributed by atoms with Crippen molar-refractivity contribution in [1.29, 1.82) is 0 Å². The summed E-state index contributed by atoms with van der Waals surface area (Å²) in [5.41, 5.74) is 1.27. The fourth-order valence-electron chi connectivity index (χ4n) is 2.51. The zero-order valence-corrected chi connectivity index (χ0v) is 17.8. The monoisotopic (exact) mass is 461 g/mol. The van der Waals surface area contributed by atoms with Crippen LogP contribution in [-0.4, -0.2) is 20.1 Å². The van der Waals surface area contributed by atoms with E-state index in [1.165, 1.54) is 0 Å². The second-order valence-corrected chi connectivity index (χ2v) is 6.71. The number of ether oxygens (including phenoxy) is 1. The highest BCUT2D eigenvalue weighted by Crippen LogP contribution is 2.32. The first-order valence-corrected chi connectivity index (χ1v) is 9.56. The molecule has 0 heterocycles. The molecule has 0 atom stereocenters. The normalized spacial score (nSPS) is 13.9. The zero-order chi connectivity index (χ0) is 21.3. The average Bonchev–Trinajstić information content (AvgIpc) is 2.65. The van der Waals surface area contributed by atoms with E-state index in [0.717, 1.165) is 22.2 Å². The van der Waals surface area contributed by atoms with Crippen molar-refractivity contribution in [3.63, 3.8) is 0 Å². The van der Waals surface area contributed by atoms with E-state index in [0.29, 0.717) is 12.0 Å². The standard InChI is InChI=1S/C21H24BrF4NO/c1-5-8-13(6-2)16(9-14(22)7-3)21(27-4)20-17(23)10-15(11-18(20)24)28-12-19(25)26/h5-6,8-11,19,27H,7,12H2,1-4H3/b8-5-,13-6+,14-9+,21-16-. The van der Waals surface area contributed by atoms with E-state index in [1.54, 1.807) is 13.1 Å². The summed E-state index contributed by atoms with van der Waals surface area (Å²) in [6.45, 7) is 4.67. The van der Waals surface area contributed by atoms with Crippen LogP contribution in [-0.2, 0) is 0 Å². The second-order valence-electron chi connectivity index (χ2n) is 5.69. The minimum absolute atomic E-state index is 0.229. The smallest absolute Gasteiger partial charge is 0.272 e. The first-order valence-electron chi connectivity index (χ1n) is 8.76. The molecule has 0 saturated carbocycles. The Morgan fingerprint density at radius 1 is 1.21 bits per heavy atom. The molecule has 0 fully saturated rings. The summed E-state index contributed by atoms with van der Waals surface area (Å²) in [4.78, 5) is 0. The summed E-state index contributed by atoms with van der Waals surface area (Å²) >= 11 is 3.45. The van der Waals surface area contributed by atoms with Crippen molar-refractivity contribution in [1.82, 2.24) is 5.32 Å². The second kappa shape index (κ2) is 11.7. The Kier molecular flexibility index (Phi) is 10.1. The minimum atomic E-state index is -2.74. The van der Waals surface area contributed by atoms with Gasteiger partial charge < -0.3 is 10.1 Å². The molecule has 1 rings (SSSR count). The average molecular weight is 462 g/mol. The highest BCUT2D eigenvalue weighted by molar-refractivity contribution is 9.11. The van der Waals surface area contributed by atoms with Gasteiger partial charge in [0.05, 0.1) is 11.3 Å². The molecular weight excluding hydrogens is 438 g/mol. The maximum absolute atomic E-state index is 14.8. The molecule has 0 radical (unpaired) electrons. The van der Waals surface area contributed by atoms with Gasteiger partial charge in [0.25, 0.3) is 6.43 Å². The van der Waals surface area contributed by atoms with Gasteiger partial charge in [-0.15, -0.1) is 0 Å². The van der Waals surface area contributed by atoms with E-state index in [2.05, 4.69) is 21.2 Å². The van der Waals surface area contributed by atoms with E-state index in [9.17, 15) is 17.6 Å². The van der Waals surface area contributed by atoms with Gasteiger partial charge in [-0.25, -0.2) is 17.6 Å². The highest BCUT2D eigenvalue weighted by atomic mass is 79.9. The van der Waals surface area contributed by atoms with Crippen LogP contribution >= 0.6 is 15.9 Å². The summed E-state index contributed by atoms with van der Waals surface area (Å²) in [7, 11) is 1.56. The van der Waals surface area contributed by atoms with Gasteiger partial charge in [0.1, 0.15) is 24.0 Å². The molecular formula is C21H24BrF4NO. The van der Waals surface area contributed by atoms with Crippen LogP contribution in [0, 0.1) is 11.6 Å². The number of allylic oxidation sites excluding steroid dienone is 7. The molecule has 0 amide bonds. The third kappa shape index (κ3) is 6.55. The molecule has 0 unspecified atom stereocenters. The number of hydrogen-bond acceptors (Lipinski definition) is 2. The molecule has 0 spiro atoms. The zero-order valence-electron chi connectivity index (χ0n) is 16.3. The van der Waals surface area contributed by atoms with Gasteiger partial charge in [0.2, 0.25) is 0 Å². The predicted molar refractivity (Wildman–Crippen MR) is 110 cm³/mol. The molecule has 1 N–H and O–H groups in total. The van der Waals surface area contributed by atoms with Crippen LogP contribution in [0.4, 0.5) is 17.6 Å². The number of rotatable bonds is 9. The van der Waals surface area contributed by atoms with E-state index < -0.39 is 24.7 Å². The van der Waals surface area contributed by atoms with Crippen molar-refractivity contribution in [3.8, 4) is 5.75 Å². The molecule has 0 aliphatic heterocycles. The third-order valence-electron chi connectivity index (χ3n) is 3.77. The van der Waals surface area contributed by atoms with Gasteiger partial charge in [-0.1, -0.05) is 41.1 Å². The van der Waals surface area contributed by atoms with Gasteiger partial charge in [-0.05, 0) is 36.4 Å². The quantitative estimate of drug-likeness (QED) is 0.324.